The van der Waals surface area contributed by atoms with E-state index in [-0.39, 0.29) is 0 Å². The molecule has 3 nitrogen and oxygen atoms in total. The van der Waals surface area contributed by atoms with Gasteiger partial charge in [0.15, 0.2) is 0 Å². The minimum atomic E-state index is 0.760. The summed E-state index contributed by atoms with van der Waals surface area (Å²) in [7, 11) is 3.83. The van der Waals surface area contributed by atoms with Crippen LogP contribution in [0, 0.1) is 5.92 Å². The van der Waals surface area contributed by atoms with Gasteiger partial charge in [0.2, 0.25) is 0 Å². The lowest BCUT2D eigenvalue weighted by Gasteiger charge is -2.32. The average Bonchev–Trinajstić information content (AvgIpc) is 2.49. The molecular formula is C17H28N2O. The van der Waals surface area contributed by atoms with Gasteiger partial charge in [-0.05, 0) is 63.0 Å². The zero-order valence-corrected chi connectivity index (χ0v) is 12.9. The smallest absolute Gasteiger partial charge is 0.0491 e. The summed E-state index contributed by atoms with van der Waals surface area (Å²) in [5, 5.41) is 3.24. The fourth-order valence-electron chi connectivity index (χ4n) is 3.00. The van der Waals surface area contributed by atoms with E-state index in [1.807, 2.05) is 14.2 Å². The number of benzene rings is 1. The Morgan fingerprint density at radius 3 is 2.55 bits per heavy atom. The number of methoxy groups -OCH3 is 1. The fraction of sp³-hybridized carbons (Fsp3) is 0.647. The van der Waals surface area contributed by atoms with Crippen molar-refractivity contribution in [3.05, 3.63) is 35.4 Å². The molecule has 3 heteroatoms. The van der Waals surface area contributed by atoms with Gasteiger partial charge in [-0.3, -0.25) is 4.90 Å². The molecule has 1 heterocycles. The molecule has 0 radical (unpaired) electrons. The van der Waals surface area contributed by atoms with Crippen molar-refractivity contribution in [3.8, 4) is 0 Å². The molecule has 0 aromatic heterocycles. The topological polar surface area (TPSA) is 24.5 Å². The van der Waals surface area contributed by atoms with Crippen LogP contribution < -0.4 is 5.32 Å². The summed E-state index contributed by atoms with van der Waals surface area (Å²) < 4.78 is 5.27. The van der Waals surface area contributed by atoms with Crippen LogP contribution in [0.2, 0.25) is 0 Å². The van der Waals surface area contributed by atoms with Gasteiger partial charge >= 0.3 is 0 Å². The molecule has 0 amide bonds. The monoisotopic (exact) mass is 276 g/mol. The quantitative estimate of drug-likeness (QED) is 0.827. The molecule has 0 aliphatic carbocycles. The summed E-state index contributed by atoms with van der Waals surface area (Å²) in [4.78, 5) is 2.59. The Hall–Kier alpha value is -0.900. The van der Waals surface area contributed by atoms with Crippen molar-refractivity contribution in [1.82, 2.24) is 10.2 Å². The van der Waals surface area contributed by atoms with Crippen molar-refractivity contribution in [3.63, 3.8) is 0 Å². The van der Waals surface area contributed by atoms with Crippen molar-refractivity contribution in [2.75, 3.05) is 40.4 Å². The van der Waals surface area contributed by atoms with Gasteiger partial charge in [0.05, 0.1) is 0 Å². The highest BCUT2D eigenvalue weighted by Gasteiger charge is 2.19. The van der Waals surface area contributed by atoms with Crippen LogP contribution in [0.1, 0.15) is 24.0 Å². The van der Waals surface area contributed by atoms with Crippen LogP contribution in [-0.2, 0) is 17.7 Å². The largest absolute Gasteiger partial charge is 0.384 e. The molecule has 1 aromatic rings. The minimum absolute atomic E-state index is 0.760. The van der Waals surface area contributed by atoms with Crippen molar-refractivity contribution in [1.29, 1.82) is 0 Å². The summed E-state index contributed by atoms with van der Waals surface area (Å²) in [5.74, 6) is 0.760. The minimum Gasteiger partial charge on any atom is -0.384 e. The third-order valence-corrected chi connectivity index (χ3v) is 4.27. The lowest BCUT2D eigenvalue weighted by molar-refractivity contribution is 0.0967. The number of rotatable bonds is 7. The standard InChI is InChI=1S/C17H28N2O/c1-18-10-7-16-5-3-4-6-17(16)13-19-11-8-15(9-12-19)14-20-2/h3-6,15,18H,7-14H2,1-2H3. The van der Waals surface area contributed by atoms with Crippen LogP contribution >= 0.6 is 0 Å². The number of ether oxygens (including phenoxy) is 1. The second-order valence-electron chi connectivity index (χ2n) is 5.80. The number of likely N-dealkylation sites (N-methyl/N-ethyl adjacent to an activating group) is 1. The lowest BCUT2D eigenvalue weighted by Crippen LogP contribution is -2.34. The van der Waals surface area contributed by atoms with Crippen LogP contribution in [0.15, 0.2) is 24.3 Å². The first-order valence-electron chi connectivity index (χ1n) is 7.76. The predicted molar refractivity (Wildman–Crippen MR) is 83.9 cm³/mol. The van der Waals surface area contributed by atoms with E-state index in [2.05, 4.69) is 34.5 Å². The Balaban J connectivity index is 1.87. The first-order chi connectivity index (χ1) is 9.83. The molecule has 1 saturated heterocycles. The highest BCUT2D eigenvalue weighted by atomic mass is 16.5. The zero-order valence-electron chi connectivity index (χ0n) is 12.9. The number of hydrogen-bond acceptors (Lipinski definition) is 3. The van der Waals surface area contributed by atoms with E-state index in [1.165, 1.54) is 37.1 Å². The Morgan fingerprint density at radius 2 is 1.90 bits per heavy atom. The molecule has 20 heavy (non-hydrogen) atoms. The van der Waals surface area contributed by atoms with Gasteiger partial charge in [-0.25, -0.2) is 0 Å². The number of piperidine rings is 1. The van der Waals surface area contributed by atoms with E-state index in [0.29, 0.717) is 0 Å². The van der Waals surface area contributed by atoms with Crippen molar-refractivity contribution in [2.24, 2.45) is 5.92 Å². The molecule has 0 saturated carbocycles. The van der Waals surface area contributed by atoms with E-state index >= 15 is 0 Å². The summed E-state index contributed by atoms with van der Waals surface area (Å²) >= 11 is 0. The molecule has 0 spiro atoms. The zero-order chi connectivity index (χ0) is 14.2. The Labute approximate surface area is 123 Å². The van der Waals surface area contributed by atoms with E-state index in [9.17, 15) is 0 Å². The van der Waals surface area contributed by atoms with Gasteiger partial charge in [0, 0.05) is 20.3 Å². The van der Waals surface area contributed by atoms with E-state index in [4.69, 9.17) is 4.74 Å². The SMILES string of the molecule is CNCCc1ccccc1CN1CCC(COC)CC1. The second-order valence-corrected chi connectivity index (χ2v) is 5.80. The molecule has 1 aromatic carbocycles. The first-order valence-corrected chi connectivity index (χ1v) is 7.76. The van der Waals surface area contributed by atoms with Crippen LogP contribution in [0.25, 0.3) is 0 Å². The first kappa shape index (κ1) is 15.5. The lowest BCUT2D eigenvalue weighted by atomic mass is 9.96. The molecule has 2 rings (SSSR count). The highest BCUT2D eigenvalue weighted by Crippen LogP contribution is 2.20. The molecule has 1 aliphatic rings. The molecular weight excluding hydrogens is 248 g/mol. The molecule has 112 valence electrons. The van der Waals surface area contributed by atoms with E-state index in [1.54, 1.807) is 0 Å². The van der Waals surface area contributed by atoms with Crippen molar-refractivity contribution in [2.45, 2.75) is 25.8 Å². The maximum absolute atomic E-state index is 5.27. The normalized spacial score (nSPS) is 17.5. The van der Waals surface area contributed by atoms with Gasteiger partial charge in [0.1, 0.15) is 0 Å². The molecule has 1 aliphatic heterocycles. The third kappa shape index (κ3) is 4.58. The summed E-state index contributed by atoms with van der Waals surface area (Å²) in [6.07, 6.45) is 3.66. The van der Waals surface area contributed by atoms with Gasteiger partial charge < -0.3 is 10.1 Å². The van der Waals surface area contributed by atoms with Gasteiger partial charge in [-0.15, -0.1) is 0 Å². The highest BCUT2D eigenvalue weighted by molar-refractivity contribution is 5.27. The van der Waals surface area contributed by atoms with Gasteiger partial charge in [-0.1, -0.05) is 24.3 Å². The molecule has 0 bridgehead atoms. The third-order valence-electron chi connectivity index (χ3n) is 4.27. The Kier molecular flexibility index (Phi) is 6.51. The Morgan fingerprint density at radius 1 is 1.20 bits per heavy atom. The summed E-state index contributed by atoms with van der Waals surface area (Å²) in [5.41, 5.74) is 2.98. The van der Waals surface area contributed by atoms with E-state index in [0.717, 1.165) is 32.0 Å². The maximum atomic E-state index is 5.27. The fourth-order valence-corrected chi connectivity index (χ4v) is 3.00. The molecule has 0 atom stereocenters. The molecule has 1 N–H and O–H groups in total. The van der Waals surface area contributed by atoms with Crippen molar-refractivity contribution < 1.29 is 4.74 Å². The molecule has 1 fully saturated rings. The van der Waals surface area contributed by atoms with Crippen molar-refractivity contribution >= 4 is 0 Å². The summed E-state index contributed by atoms with van der Waals surface area (Å²) in [6.45, 7) is 5.47. The molecule has 0 unspecified atom stereocenters. The number of likely N-dealkylation sites (tertiary alicyclic amines) is 1. The predicted octanol–water partition coefficient (Wildman–Crippen LogP) is 2.31. The number of nitrogens with one attached hydrogen (secondary N) is 1. The average molecular weight is 276 g/mol. The van der Waals surface area contributed by atoms with Crippen LogP contribution in [0.3, 0.4) is 0 Å². The van der Waals surface area contributed by atoms with Crippen LogP contribution in [0.5, 0.6) is 0 Å². The number of hydrogen-bond donors (Lipinski definition) is 1. The van der Waals surface area contributed by atoms with Gasteiger partial charge in [0.25, 0.3) is 0 Å². The summed E-state index contributed by atoms with van der Waals surface area (Å²) in [6, 6.07) is 8.87. The van der Waals surface area contributed by atoms with Gasteiger partial charge in [-0.2, -0.15) is 0 Å². The van der Waals surface area contributed by atoms with Crippen LogP contribution in [0.4, 0.5) is 0 Å². The van der Waals surface area contributed by atoms with Crippen LogP contribution in [-0.4, -0.2) is 45.3 Å². The maximum Gasteiger partial charge on any atom is 0.0491 e. The second kappa shape index (κ2) is 8.40. The van der Waals surface area contributed by atoms with E-state index < -0.39 is 0 Å². The number of nitrogens with zero attached hydrogens (tertiary/aromatic N) is 1. The Bertz CT molecular complexity index is 386.